The Balaban J connectivity index is 1.99. The molecule has 0 unspecified atom stereocenters. The molecule has 0 radical (unpaired) electrons. The average Bonchev–Trinajstić information content (AvgIpc) is 3.04. The van der Waals surface area contributed by atoms with Crippen LogP contribution in [0.1, 0.15) is 43.4 Å². The first kappa shape index (κ1) is 20.4. The van der Waals surface area contributed by atoms with E-state index >= 15 is 0 Å². The number of amides is 2. The first-order valence-electron chi connectivity index (χ1n) is 8.18. The molecule has 1 aromatic carbocycles. The third-order valence-electron chi connectivity index (χ3n) is 3.39. The Labute approximate surface area is 153 Å². The van der Waals surface area contributed by atoms with Crippen LogP contribution in [-0.2, 0) is 11.0 Å². The van der Waals surface area contributed by atoms with Gasteiger partial charge in [-0.1, -0.05) is 17.3 Å². The molecule has 7 nitrogen and oxygen atoms in total. The fraction of sp³-hybridized carbons (Fsp3) is 0.412. The molecular weight excluding hydrogens is 365 g/mol. The van der Waals surface area contributed by atoms with E-state index in [9.17, 15) is 22.8 Å². The van der Waals surface area contributed by atoms with E-state index in [0.29, 0.717) is 0 Å². The van der Waals surface area contributed by atoms with E-state index < -0.39 is 18.0 Å². The summed E-state index contributed by atoms with van der Waals surface area (Å²) in [5.41, 5.74) is 0.560. The van der Waals surface area contributed by atoms with Gasteiger partial charge in [0.25, 0.3) is 5.91 Å². The Morgan fingerprint density at radius 2 is 1.74 bits per heavy atom. The summed E-state index contributed by atoms with van der Waals surface area (Å²) in [5.74, 6) is -2.25. The zero-order chi connectivity index (χ0) is 20.2. The number of halogens is 3. The van der Waals surface area contributed by atoms with Crippen LogP contribution >= 0.6 is 0 Å². The van der Waals surface area contributed by atoms with Crippen LogP contribution < -0.4 is 10.6 Å². The maximum atomic E-state index is 12.5. The van der Waals surface area contributed by atoms with Crippen LogP contribution in [0.5, 0.6) is 0 Å². The first-order chi connectivity index (χ1) is 12.6. The Bertz CT molecular complexity index is 801. The first-order valence-corrected chi connectivity index (χ1v) is 8.18. The molecule has 2 aromatic rings. The van der Waals surface area contributed by atoms with Gasteiger partial charge in [-0.3, -0.25) is 9.59 Å². The Morgan fingerprint density at radius 1 is 1.11 bits per heavy atom. The van der Waals surface area contributed by atoms with Gasteiger partial charge in [0.1, 0.15) is 0 Å². The summed E-state index contributed by atoms with van der Waals surface area (Å²) in [5, 5.41) is 8.70. The van der Waals surface area contributed by atoms with Gasteiger partial charge >= 0.3 is 12.1 Å². The Kier molecular flexibility index (Phi) is 6.19. The fourth-order valence-electron chi connectivity index (χ4n) is 2.24. The normalized spacial score (nSPS) is 12.7. The van der Waals surface area contributed by atoms with Crippen LogP contribution in [0, 0.1) is 0 Å². The molecule has 2 N–H and O–H groups in total. The summed E-state index contributed by atoms with van der Waals surface area (Å²) in [6, 6.07) is 5.30. The number of hydrogen-bond donors (Lipinski definition) is 2. The van der Waals surface area contributed by atoms with Crippen molar-refractivity contribution in [3.05, 3.63) is 35.7 Å². The number of carbonyl (C=O) groups excluding carboxylic acids is 2. The van der Waals surface area contributed by atoms with E-state index in [4.69, 9.17) is 0 Å². The lowest BCUT2D eigenvalue weighted by atomic mass is 10.1. The van der Waals surface area contributed by atoms with Crippen molar-refractivity contribution in [3.63, 3.8) is 0 Å². The standard InChI is InChI=1S/C17H19F3N4O3/c1-9(2)21-13(25)8-10(3)22-15(26)12-6-4-11(5-7-12)14-23-16(27-24-14)17(18,19)20/h4-7,9-10H,8H2,1-3H3,(H,21,25)(H,22,26)/t10-/m1/s1. The van der Waals surface area contributed by atoms with Gasteiger partial charge in [0.15, 0.2) is 0 Å². The van der Waals surface area contributed by atoms with Gasteiger partial charge in [-0.05, 0) is 32.9 Å². The molecule has 0 saturated carbocycles. The molecule has 2 rings (SSSR count). The van der Waals surface area contributed by atoms with Crippen molar-refractivity contribution in [1.82, 2.24) is 20.8 Å². The molecule has 1 aromatic heterocycles. The van der Waals surface area contributed by atoms with Crippen molar-refractivity contribution in [2.45, 2.75) is 45.5 Å². The van der Waals surface area contributed by atoms with E-state index in [0.717, 1.165) is 0 Å². The number of alkyl halides is 3. The van der Waals surface area contributed by atoms with Crippen molar-refractivity contribution < 1.29 is 27.3 Å². The molecule has 27 heavy (non-hydrogen) atoms. The lowest BCUT2D eigenvalue weighted by Gasteiger charge is -2.15. The largest absolute Gasteiger partial charge is 0.471 e. The smallest absolute Gasteiger partial charge is 0.354 e. The van der Waals surface area contributed by atoms with Crippen molar-refractivity contribution in [3.8, 4) is 11.4 Å². The molecule has 0 aliphatic heterocycles. The zero-order valence-corrected chi connectivity index (χ0v) is 14.9. The maximum absolute atomic E-state index is 12.5. The molecule has 2 amide bonds. The molecule has 146 valence electrons. The average molecular weight is 384 g/mol. The van der Waals surface area contributed by atoms with Gasteiger partial charge in [0, 0.05) is 29.6 Å². The van der Waals surface area contributed by atoms with Crippen LogP contribution in [0.25, 0.3) is 11.4 Å². The summed E-state index contributed by atoms with van der Waals surface area (Å²) in [6.45, 7) is 5.37. The molecule has 0 saturated heterocycles. The molecule has 10 heteroatoms. The van der Waals surface area contributed by atoms with Crippen LogP contribution in [0.4, 0.5) is 13.2 Å². The molecule has 0 bridgehead atoms. The third-order valence-corrected chi connectivity index (χ3v) is 3.39. The highest BCUT2D eigenvalue weighted by molar-refractivity contribution is 5.95. The van der Waals surface area contributed by atoms with Crippen molar-refractivity contribution >= 4 is 11.8 Å². The number of nitrogens with one attached hydrogen (secondary N) is 2. The summed E-state index contributed by atoms with van der Waals surface area (Å²) < 4.78 is 41.6. The highest BCUT2D eigenvalue weighted by Crippen LogP contribution is 2.29. The second kappa shape index (κ2) is 8.19. The molecule has 0 aliphatic carbocycles. The molecule has 1 heterocycles. The fourth-order valence-corrected chi connectivity index (χ4v) is 2.24. The van der Waals surface area contributed by atoms with E-state index in [1.807, 2.05) is 13.8 Å². The number of carbonyl (C=O) groups is 2. The van der Waals surface area contributed by atoms with E-state index in [1.165, 1.54) is 24.3 Å². The number of rotatable bonds is 6. The van der Waals surface area contributed by atoms with Crippen LogP contribution in [0.15, 0.2) is 28.8 Å². The highest BCUT2D eigenvalue weighted by atomic mass is 19.4. The van der Waals surface area contributed by atoms with E-state index in [-0.39, 0.29) is 41.4 Å². The summed E-state index contributed by atoms with van der Waals surface area (Å²) in [6.07, 6.45) is -4.59. The molecule has 0 fully saturated rings. The van der Waals surface area contributed by atoms with Crippen LogP contribution in [-0.4, -0.2) is 34.0 Å². The van der Waals surface area contributed by atoms with Gasteiger partial charge in [0.05, 0.1) is 0 Å². The quantitative estimate of drug-likeness (QED) is 0.798. The highest BCUT2D eigenvalue weighted by Gasteiger charge is 2.38. The van der Waals surface area contributed by atoms with Gasteiger partial charge in [-0.2, -0.15) is 18.2 Å². The summed E-state index contributed by atoms with van der Waals surface area (Å²) in [7, 11) is 0. The Morgan fingerprint density at radius 3 is 2.26 bits per heavy atom. The van der Waals surface area contributed by atoms with E-state index in [2.05, 4.69) is 25.3 Å². The number of benzene rings is 1. The molecule has 0 aliphatic rings. The molecule has 0 spiro atoms. The SMILES string of the molecule is CC(C)NC(=O)C[C@@H](C)NC(=O)c1ccc(-c2noc(C(F)(F)F)n2)cc1. The predicted molar refractivity (Wildman–Crippen MR) is 89.6 cm³/mol. The summed E-state index contributed by atoms with van der Waals surface area (Å²) in [4.78, 5) is 27.2. The summed E-state index contributed by atoms with van der Waals surface area (Å²) >= 11 is 0. The van der Waals surface area contributed by atoms with Gasteiger partial charge in [-0.15, -0.1) is 0 Å². The van der Waals surface area contributed by atoms with Crippen LogP contribution in [0.2, 0.25) is 0 Å². The second-order valence-electron chi connectivity index (χ2n) is 6.30. The third kappa shape index (κ3) is 5.80. The second-order valence-corrected chi connectivity index (χ2v) is 6.30. The minimum absolute atomic E-state index is 0.0101. The minimum Gasteiger partial charge on any atom is -0.354 e. The van der Waals surface area contributed by atoms with Gasteiger partial charge < -0.3 is 15.2 Å². The van der Waals surface area contributed by atoms with Crippen LogP contribution in [0.3, 0.4) is 0 Å². The number of hydrogen-bond acceptors (Lipinski definition) is 5. The van der Waals surface area contributed by atoms with Crippen molar-refractivity contribution in [1.29, 1.82) is 0 Å². The minimum atomic E-state index is -4.72. The van der Waals surface area contributed by atoms with Crippen molar-refractivity contribution in [2.75, 3.05) is 0 Å². The van der Waals surface area contributed by atoms with E-state index in [1.54, 1.807) is 6.92 Å². The molecule has 1 atom stereocenters. The monoisotopic (exact) mass is 384 g/mol. The maximum Gasteiger partial charge on any atom is 0.471 e. The number of aromatic nitrogens is 2. The lowest BCUT2D eigenvalue weighted by molar-refractivity contribution is -0.159. The van der Waals surface area contributed by atoms with Crippen molar-refractivity contribution in [2.24, 2.45) is 0 Å². The lowest BCUT2D eigenvalue weighted by Crippen LogP contribution is -2.39. The van der Waals surface area contributed by atoms with Gasteiger partial charge in [-0.25, -0.2) is 0 Å². The molecular formula is C17H19F3N4O3. The topological polar surface area (TPSA) is 97.1 Å². The van der Waals surface area contributed by atoms with Gasteiger partial charge in [0.2, 0.25) is 11.7 Å². The Hall–Kier alpha value is -2.91. The predicted octanol–water partition coefficient (Wildman–Crippen LogP) is 2.79. The number of nitrogens with zero attached hydrogens (tertiary/aromatic N) is 2. The zero-order valence-electron chi connectivity index (χ0n) is 14.9.